The van der Waals surface area contributed by atoms with Gasteiger partial charge in [-0.05, 0) is 188 Å². The van der Waals surface area contributed by atoms with Gasteiger partial charge in [-0.25, -0.2) is 24.1 Å². The Bertz CT molecular complexity index is 3150. The molecule has 0 aromatic heterocycles. The van der Waals surface area contributed by atoms with Crippen LogP contribution in [0.15, 0.2) is 114 Å². The van der Waals surface area contributed by atoms with Gasteiger partial charge in [-0.2, -0.15) is 0 Å². The maximum Gasteiger partial charge on any atom is 0.416 e. The molecule has 2 atom stereocenters. The second-order valence-electron chi connectivity index (χ2n) is 28.3. The molecule has 96 heavy (non-hydrogen) atoms. The molecule has 8 rings (SSSR count). The zero-order valence-electron chi connectivity index (χ0n) is 57.3. The fraction of sp³-hybridized carbons (Fsp3) is 0.568. The maximum atomic E-state index is 14.2. The van der Waals surface area contributed by atoms with Crippen molar-refractivity contribution in [3.05, 3.63) is 141 Å². The van der Waals surface area contributed by atoms with Crippen LogP contribution in [0, 0.1) is 28.1 Å². The molecule has 4 fully saturated rings. The summed E-state index contributed by atoms with van der Waals surface area (Å²) < 4.78 is 22.0. The number of alkyl carbamates (subject to hydrolysis) is 3. The molecule has 0 unspecified atom stereocenters. The van der Waals surface area contributed by atoms with Crippen LogP contribution in [0.4, 0.5) is 19.2 Å². The van der Waals surface area contributed by atoms with Gasteiger partial charge in [0, 0.05) is 62.2 Å². The zero-order valence-corrected chi connectivity index (χ0v) is 58.8. The molecule has 0 bridgehead atoms. The number of nitrogens with zero attached hydrogens (tertiary/aromatic N) is 4. The number of hydrogen-bond acceptors (Lipinski definition) is 12. The van der Waals surface area contributed by atoms with Crippen molar-refractivity contribution in [1.82, 2.24) is 30.7 Å². The van der Waals surface area contributed by atoms with Crippen LogP contribution in [0.1, 0.15) is 179 Å². The Morgan fingerprint density at radius 2 is 0.958 bits per heavy atom. The van der Waals surface area contributed by atoms with Crippen LogP contribution < -0.4 is 27.4 Å². The first-order valence-corrected chi connectivity index (χ1v) is 35.2. The number of piperidine rings is 2. The smallest absolute Gasteiger partial charge is 0.416 e. The van der Waals surface area contributed by atoms with E-state index < -0.39 is 53.6 Å². The molecule has 4 aliphatic rings. The number of ether oxygens (including phenoxy) is 4. The lowest BCUT2D eigenvalue weighted by Crippen LogP contribution is -2.54. The molecule has 6 amide bonds. The largest absolute Gasteiger partial charge is 0.444 e. The first kappa shape index (κ1) is 75.8. The van der Waals surface area contributed by atoms with E-state index in [0.29, 0.717) is 67.4 Å². The standard InChI is InChI=1S/C45H58ClN5O7.C29H46ClN5O3/c1-44(2,3)58-42(54)48-38(30-33-20-22-37(46)23-21-33)39(52)50-28-25-45(26-29-50,36-18-11-6-12-19-36)24-13-27-51(43(55)57-32-35-16-9-5-10-17-35)40(47)49-41(53)56-31-34-14-7-4-8-15-34;1-28(2,3)38-27(37)34-24(20-21-10-12-23(30)13-11-21)25(36)35-18-15-29(16-19-35,14-7-17-33-26(31)32)22-8-5-4-6-9-22/h4-5,7-10,14-17,20-23,36,38H,6,11-13,18-19,24-32H2,1-3H3,(H,48,54)(H2,47,49,53);10-13,22,24H,4-9,14-20H2,1-3H3,(H,34,37)(H4,31,32,33)/t38-;24-/m11/s1. The number of nitrogens with one attached hydrogen (secondary N) is 4. The Labute approximate surface area is 578 Å². The molecule has 4 aromatic carbocycles. The third kappa shape index (κ3) is 24.8. The van der Waals surface area contributed by atoms with Gasteiger partial charge in [0.05, 0.1) is 0 Å². The number of rotatable bonds is 22. The number of guanidine groups is 2. The summed E-state index contributed by atoms with van der Waals surface area (Å²) in [6.07, 6.45) is 16.7. The number of benzene rings is 4. The van der Waals surface area contributed by atoms with Crippen LogP contribution in [0.2, 0.25) is 10.0 Å². The van der Waals surface area contributed by atoms with Crippen LogP contribution in [0.5, 0.6) is 0 Å². The molecule has 0 spiro atoms. The monoisotopic (exact) mass is 1360 g/mol. The van der Waals surface area contributed by atoms with Crippen LogP contribution in [0.25, 0.3) is 0 Å². The summed E-state index contributed by atoms with van der Waals surface area (Å²) in [6, 6.07) is 31.6. The van der Waals surface area contributed by atoms with Crippen molar-refractivity contribution in [2.24, 2.45) is 39.1 Å². The van der Waals surface area contributed by atoms with Gasteiger partial charge in [-0.1, -0.05) is 147 Å². The molecule has 524 valence electrons. The summed E-state index contributed by atoms with van der Waals surface area (Å²) in [7, 11) is 0. The lowest BCUT2D eigenvalue weighted by molar-refractivity contribution is -0.137. The first-order valence-electron chi connectivity index (χ1n) is 34.4. The predicted molar refractivity (Wildman–Crippen MR) is 376 cm³/mol. The van der Waals surface area contributed by atoms with Gasteiger partial charge < -0.3 is 50.8 Å². The van der Waals surface area contributed by atoms with Crippen LogP contribution in [-0.4, -0.2) is 125 Å². The van der Waals surface area contributed by atoms with E-state index in [2.05, 4.69) is 20.9 Å². The average Bonchev–Trinajstić information content (AvgIpc) is 0.797. The highest BCUT2D eigenvalue weighted by molar-refractivity contribution is 6.30. The summed E-state index contributed by atoms with van der Waals surface area (Å²) in [5, 5.41) is 18.1. The predicted octanol–water partition coefficient (Wildman–Crippen LogP) is 14.3. The second kappa shape index (κ2) is 36.7. The zero-order chi connectivity index (χ0) is 69.3. The first-order chi connectivity index (χ1) is 45.8. The highest BCUT2D eigenvalue weighted by Crippen LogP contribution is 2.50. The van der Waals surface area contributed by atoms with E-state index in [1.54, 1.807) is 45.0 Å². The molecule has 8 N–H and O–H groups in total. The molecule has 4 aromatic rings. The van der Waals surface area contributed by atoms with Crippen molar-refractivity contribution in [2.75, 3.05) is 39.3 Å². The molecule has 2 saturated heterocycles. The third-order valence-corrected chi connectivity index (χ3v) is 19.6. The van der Waals surface area contributed by atoms with Gasteiger partial charge in [0.25, 0.3) is 0 Å². The number of carbonyl (C=O) groups excluding carboxylic acids is 6. The van der Waals surface area contributed by atoms with Crippen LogP contribution >= 0.6 is 23.2 Å². The molecule has 22 heteroatoms. The van der Waals surface area contributed by atoms with Crippen molar-refractivity contribution < 1.29 is 47.7 Å². The number of aliphatic imine (C=N–C) groups is 1. The minimum absolute atomic E-state index is 0.0135. The van der Waals surface area contributed by atoms with E-state index in [-0.39, 0.29) is 54.8 Å². The van der Waals surface area contributed by atoms with E-state index in [9.17, 15) is 28.8 Å². The van der Waals surface area contributed by atoms with Gasteiger partial charge in [0.15, 0.2) is 5.96 Å². The van der Waals surface area contributed by atoms with Gasteiger partial charge in [0.2, 0.25) is 17.8 Å². The summed E-state index contributed by atoms with van der Waals surface area (Å²) in [6.45, 7) is 14.0. The normalized spacial score (nSPS) is 17.2. The van der Waals surface area contributed by atoms with Crippen molar-refractivity contribution >= 4 is 71.3 Å². The van der Waals surface area contributed by atoms with Gasteiger partial charge >= 0.3 is 24.4 Å². The van der Waals surface area contributed by atoms with Gasteiger partial charge in [0.1, 0.15) is 36.5 Å². The number of halogens is 2. The van der Waals surface area contributed by atoms with Crippen molar-refractivity contribution in [3.63, 3.8) is 0 Å². The maximum absolute atomic E-state index is 14.2. The summed E-state index contributed by atoms with van der Waals surface area (Å²) in [5.74, 6) is 0.617. The van der Waals surface area contributed by atoms with Crippen molar-refractivity contribution in [2.45, 2.75) is 206 Å². The van der Waals surface area contributed by atoms with E-state index >= 15 is 0 Å². The fourth-order valence-corrected chi connectivity index (χ4v) is 14.4. The number of amides is 6. The highest BCUT2D eigenvalue weighted by atomic mass is 35.5. The molecular formula is C74H104Cl2N10O10. The van der Waals surface area contributed by atoms with Gasteiger partial charge in [-0.3, -0.25) is 25.3 Å². The summed E-state index contributed by atoms with van der Waals surface area (Å²) in [5.41, 5.74) is 13.2. The molecule has 2 saturated carbocycles. The fourth-order valence-electron chi connectivity index (χ4n) is 14.2. The third-order valence-electron chi connectivity index (χ3n) is 19.1. The molecule has 20 nitrogen and oxygen atoms in total. The molecule has 2 aliphatic heterocycles. The number of likely N-dealkylation sites (tertiary alicyclic amines) is 2. The number of nitrogens with two attached hydrogens (primary N) is 2. The number of carbonyl (C=O) groups is 6. The average molecular weight is 1360 g/mol. The summed E-state index contributed by atoms with van der Waals surface area (Å²) >= 11 is 12.2. The van der Waals surface area contributed by atoms with E-state index in [1.165, 1.54) is 38.5 Å². The lowest BCUT2D eigenvalue weighted by Gasteiger charge is -2.49. The number of hydrogen-bond donors (Lipinski definition) is 6. The molecule has 2 aliphatic carbocycles. The van der Waals surface area contributed by atoms with Gasteiger partial charge in [-0.15, -0.1) is 0 Å². The SMILES string of the molecule is CC(C)(C)OC(=O)N[C@H](Cc1ccc(Cl)cc1)C(=O)N1CCC(CCCN(C(=N)NC(=O)OCc2ccccc2)C(=O)OCc2ccccc2)(C2CCCCC2)CC1.CC(C)(C)OC(=O)N[C@H](Cc1ccc(Cl)cc1)C(=O)N1CCC(CCCN=C(N)N)(C2CCCCC2)CC1. The minimum Gasteiger partial charge on any atom is -0.444 e. The topological polar surface area (TPSA) is 273 Å². The van der Waals surface area contributed by atoms with E-state index in [4.69, 9.17) is 59.0 Å². The Hall–Kier alpha value is -7.58. The Morgan fingerprint density at radius 1 is 0.562 bits per heavy atom. The van der Waals surface area contributed by atoms with E-state index in [1.807, 2.05) is 116 Å². The Morgan fingerprint density at radius 3 is 1.35 bits per heavy atom. The minimum atomic E-state index is -0.846. The molecule has 2 heterocycles. The quantitative estimate of drug-likeness (QED) is 0.0186. The molecule has 0 radical (unpaired) electrons. The molecular weight excluding hydrogens is 1260 g/mol. The Kier molecular flexibility index (Phi) is 29.0. The van der Waals surface area contributed by atoms with Crippen molar-refractivity contribution in [1.29, 1.82) is 5.41 Å². The van der Waals surface area contributed by atoms with Crippen molar-refractivity contribution in [3.8, 4) is 0 Å². The van der Waals surface area contributed by atoms with Crippen LogP contribution in [0.3, 0.4) is 0 Å². The van der Waals surface area contributed by atoms with Crippen LogP contribution in [-0.2, 0) is 54.6 Å². The second-order valence-corrected chi connectivity index (χ2v) is 29.2. The van der Waals surface area contributed by atoms with E-state index in [0.717, 1.165) is 97.8 Å². The lowest BCUT2D eigenvalue weighted by atomic mass is 9.61. The summed E-state index contributed by atoms with van der Waals surface area (Å²) in [4.78, 5) is 89.0. The Balaban J connectivity index is 0.000000296. The highest BCUT2D eigenvalue weighted by Gasteiger charge is 2.45.